The van der Waals surface area contributed by atoms with Crippen LogP contribution in [0.2, 0.25) is 0 Å². The van der Waals surface area contributed by atoms with Crippen LogP contribution >= 0.6 is 12.6 Å². The summed E-state index contributed by atoms with van der Waals surface area (Å²) in [5.41, 5.74) is 18.0. The number of hydrogen-bond acceptors (Lipinski definition) is 4. The maximum atomic E-state index is 6.54. The van der Waals surface area contributed by atoms with Gasteiger partial charge in [0.15, 0.2) is 0 Å². The molecular formula is C35H28N4S. The Hall–Kier alpha value is -4.61. The van der Waals surface area contributed by atoms with Gasteiger partial charge in [0, 0.05) is 16.4 Å². The van der Waals surface area contributed by atoms with Crippen LogP contribution < -0.4 is 5.73 Å². The molecule has 1 aliphatic carbocycles. The van der Waals surface area contributed by atoms with Crippen molar-refractivity contribution in [2.45, 2.75) is 19.3 Å². The van der Waals surface area contributed by atoms with Crippen LogP contribution in [-0.4, -0.2) is 14.5 Å². The van der Waals surface area contributed by atoms with E-state index in [2.05, 4.69) is 91.7 Å². The first-order valence-electron chi connectivity index (χ1n) is 13.4. The smallest absolute Gasteiger partial charge is 0.138 e. The van der Waals surface area contributed by atoms with E-state index in [0.717, 1.165) is 45.1 Å². The van der Waals surface area contributed by atoms with Gasteiger partial charge in [-0.2, -0.15) is 12.6 Å². The summed E-state index contributed by atoms with van der Waals surface area (Å²) in [6, 6.07) is 35.7. The fourth-order valence-electron chi connectivity index (χ4n) is 6.06. The second-order valence-electron chi connectivity index (χ2n) is 10.7. The zero-order chi connectivity index (χ0) is 27.4. The SMILES string of the molecule is CC1(C)c2ccccc2-c2ccc(-c3cccc(-c4cccc(-n5c(/C=C\S)c(N)c6ccccc65)n4)n3)cc21. The van der Waals surface area contributed by atoms with Gasteiger partial charge in [0.25, 0.3) is 0 Å². The summed E-state index contributed by atoms with van der Waals surface area (Å²) in [7, 11) is 0. The summed E-state index contributed by atoms with van der Waals surface area (Å²) in [5.74, 6) is 0.774. The largest absolute Gasteiger partial charge is 0.396 e. The van der Waals surface area contributed by atoms with E-state index in [1.807, 2.05) is 48.5 Å². The summed E-state index contributed by atoms with van der Waals surface area (Å²) in [6.45, 7) is 4.60. The van der Waals surface area contributed by atoms with Gasteiger partial charge < -0.3 is 5.73 Å². The topological polar surface area (TPSA) is 56.7 Å². The minimum Gasteiger partial charge on any atom is -0.396 e. The van der Waals surface area contributed by atoms with Crippen molar-refractivity contribution in [1.29, 1.82) is 0 Å². The first kappa shape index (κ1) is 24.4. The lowest BCUT2D eigenvalue weighted by Gasteiger charge is -2.21. The lowest BCUT2D eigenvalue weighted by molar-refractivity contribution is 0.660. The van der Waals surface area contributed by atoms with E-state index in [-0.39, 0.29) is 5.41 Å². The number of aromatic nitrogens is 3. The number of fused-ring (bicyclic) bond motifs is 4. The molecule has 0 unspecified atom stereocenters. The van der Waals surface area contributed by atoms with Gasteiger partial charge in [-0.05, 0) is 70.1 Å². The van der Waals surface area contributed by atoms with E-state index in [4.69, 9.17) is 15.7 Å². The van der Waals surface area contributed by atoms with E-state index in [9.17, 15) is 0 Å². The lowest BCUT2D eigenvalue weighted by atomic mass is 9.82. The molecule has 0 saturated heterocycles. The average molecular weight is 537 g/mol. The molecule has 0 spiro atoms. The minimum atomic E-state index is -0.0595. The number of nitrogens with zero attached hydrogens (tertiary/aromatic N) is 3. The fourth-order valence-corrected chi connectivity index (χ4v) is 6.20. The Kier molecular flexibility index (Phi) is 5.65. The number of anilines is 1. The molecule has 0 bridgehead atoms. The number of nitrogen functional groups attached to an aromatic ring is 1. The van der Waals surface area contributed by atoms with Crippen LogP contribution in [0.15, 0.2) is 109 Å². The van der Waals surface area contributed by atoms with E-state index >= 15 is 0 Å². The predicted molar refractivity (Wildman–Crippen MR) is 170 cm³/mol. The second kappa shape index (κ2) is 9.25. The molecule has 6 aromatic rings. The highest BCUT2D eigenvalue weighted by Crippen LogP contribution is 2.49. The maximum Gasteiger partial charge on any atom is 0.138 e. The Balaban J connectivity index is 1.31. The predicted octanol–water partition coefficient (Wildman–Crippen LogP) is 8.54. The highest BCUT2D eigenvalue weighted by molar-refractivity contribution is 7.83. The van der Waals surface area contributed by atoms with Crippen LogP contribution in [0, 0.1) is 0 Å². The number of rotatable bonds is 4. The summed E-state index contributed by atoms with van der Waals surface area (Å²) in [4.78, 5) is 10.1. The van der Waals surface area contributed by atoms with Crippen molar-refractivity contribution in [3.05, 3.63) is 125 Å². The number of para-hydroxylation sites is 1. The number of thiol groups is 1. The number of benzene rings is 3. The Morgan fingerprint density at radius 3 is 2.27 bits per heavy atom. The summed E-state index contributed by atoms with van der Waals surface area (Å²) < 4.78 is 2.07. The highest BCUT2D eigenvalue weighted by atomic mass is 32.1. The zero-order valence-electron chi connectivity index (χ0n) is 22.3. The Morgan fingerprint density at radius 1 is 0.725 bits per heavy atom. The number of pyridine rings is 2. The molecule has 0 amide bonds. The fraction of sp³-hybridized carbons (Fsp3) is 0.0857. The van der Waals surface area contributed by atoms with Gasteiger partial charge in [0.1, 0.15) is 5.82 Å². The van der Waals surface area contributed by atoms with Gasteiger partial charge in [-0.15, -0.1) is 0 Å². The third-order valence-electron chi connectivity index (χ3n) is 8.04. The van der Waals surface area contributed by atoms with Crippen molar-refractivity contribution in [3.63, 3.8) is 0 Å². The standard InChI is InChI=1S/C35H28N4S/c1-35(2)26-11-5-3-9-23(26)24-18-17-22(21-27(24)35)28-12-7-13-29(37-28)30-14-8-16-33(38-30)39-31-15-6-4-10-25(31)34(36)32(39)19-20-40/h3-21,40H,36H2,1-2H3/b20-19-. The monoisotopic (exact) mass is 536 g/mol. The molecule has 3 aromatic carbocycles. The molecule has 5 heteroatoms. The molecule has 4 nitrogen and oxygen atoms in total. The third-order valence-corrected chi connectivity index (χ3v) is 8.19. The van der Waals surface area contributed by atoms with E-state index in [1.165, 1.54) is 22.3 Å². The lowest BCUT2D eigenvalue weighted by Crippen LogP contribution is -2.14. The van der Waals surface area contributed by atoms with Crippen LogP contribution in [0.5, 0.6) is 0 Å². The van der Waals surface area contributed by atoms with E-state index < -0.39 is 0 Å². The molecule has 0 saturated carbocycles. The normalized spacial score (nSPS) is 13.6. The molecule has 1 aliphatic rings. The maximum absolute atomic E-state index is 6.54. The first-order valence-corrected chi connectivity index (χ1v) is 13.9. The van der Waals surface area contributed by atoms with Gasteiger partial charge >= 0.3 is 0 Å². The molecule has 3 heterocycles. The van der Waals surface area contributed by atoms with Gasteiger partial charge in [-0.3, -0.25) is 4.57 Å². The van der Waals surface area contributed by atoms with Crippen molar-refractivity contribution in [2.75, 3.05) is 5.73 Å². The van der Waals surface area contributed by atoms with Crippen LogP contribution in [0.1, 0.15) is 30.7 Å². The minimum absolute atomic E-state index is 0.0595. The Labute approximate surface area is 239 Å². The van der Waals surface area contributed by atoms with Crippen LogP contribution in [0.25, 0.3) is 56.6 Å². The van der Waals surface area contributed by atoms with Crippen molar-refractivity contribution in [3.8, 4) is 39.6 Å². The van der Waals surface area contributed by atoms with Gasteiger partial charge in [-0.25, -0.2) is 9.97 Å². The van der Waals surface area contributed by atoms with Crippen molar-refractivity contribution >= 4 is 35.3 Å². The van der Waals surface area contributed by atoms with E-state index in [0.29, 0.717) is 5.69 Å². The summed E-state index contributed by atoms with van der Waals surface area (Å²) in [6.07, 6.45) is 1.90. The molecular weight excluding hydrogens is 508 g/mol. The molecule has 2 N–H and O–H groups in total. The average Bonchev–Trinajstić information content (AvgIpc) is 3.40. The van der Waals surface area contributed by atoms with Crippen molar-refractivity contribution in [2.24, 2.45) is 0 Å². The van der Waals surface area contributed by atoms with Crippen LogP contribution in [-0.2, 0) is 5.41 Å². The molecule has 7 rings (SSSR count). The summed E-state index contributed by atoms with van der Waals surface area (Å²) in [5, 5.41) is 2.68. The quantitative estimate of drug-likeness (QED) is 0.222. The first-order chi connectivity index (χ1) is 19.5. The third kappa shape index (κ3) is 3.69. The van der Waals surface area contributed by atoms with Gasteiger partial charge in [-0.1, -0.05) is 80.6 Å². The molecule has 0 fully saturated rings. The molecule has 0 radical (unpaired) electrons. The molecule has 0 aliphatic heterocycles. The summed E-state index contributed by atoms with van der Waals surface area (Å²) >= 11 is 4.31. The van der Waals surface area contributed by atoms with Crippen molar-refractivity contribution < 1.29 is 0 Å². The number of hydrogen-bond donors (Lipinski definition) is 2. The molecule has 3 aromatic heterocycles. The molecule has 194 valence electrons. The Morgan fingerprint density at radius 2 is 1.43 bits per heavy atom. The zero-order valence-corrected chi connectivity index (χ0v) is 23.2. The van der Waals surface area contributed by atoms with Gasteiger partial charge in [0.2, 0.25) is 0 Å². The van der Waals surface area contributed by atoms with E-state index in [1.54, 1.807) is 5.41 Å². The highest BCUT2D eigenvalue weighted by Gasteiger charge is 2.35. The molecule has 40 heavy (non-hydrogen) atoms. The second-order valence-corrected chi connectivity index (χ2v) is 11.0. The van der Waals surface area contributed by atoms with Crippen molar-refractivity contribution in [1.82, 2.24) is 14.5 Å². The van der Waals surface area contributed by atoms with Crippen LogP contribution in [0.3, 0.4) is 0 Å². The van der Waals surface area contributed by atoms with Crippen LogP contribution in [0.4, 0.5) is 5.69 Å². The Bertz CT molecular complexity index is 1960. The van der Waals surface area contributed by atoms with Gasteiger partial charge in [0.05, 0.1) is 34.0 Å². The number of nitrogens with two attached hydrogens (primary N) is 1. The molecule has 0 atom stereocenters.